The molecule has 0 spiro atoms. The van der Waals surface area contributed by atoms with Crippen molar-refractivity contribution in [2.75, 3.05) is 0 Å². The largest absolute Gasteiger partial charge is 0.311 e. The van der Waals surface area contributed by atoms with E-state index in [1.165, 1.54) is 5.69 Å². The summed E-state index contributed by atoms with van der Waals surface area (Å²) in [7, 11) is 1.95. The Morgan fingerprint density at radius 3 is 2.90 bits per heavy atom. The third-order valence-electron chi connectivity index (χ3n) is 3.43. The second-order valence-corrected chi connectivity index (χ2v) is 5.13. The summed E-state index contributed by atoms with van der Waals surface area (Å²) in [5.41, 5.74) is 4.09. The minimum atomic E-state index is 0.390. The van der Waals surface area contributed by atoms with Gasteiger partial charge in [-0.1, -0.05) is 0 Å². The summed E-state index contributed by atoms with van der Waals surface area (Å²) in [6.07, 6.45) is 4.55. The maximum atomic E-state index is 6.01. The number of rotatable bonds is 4. The third kappa shape index (κ3) is 2.29. The maximum absolute atomic E-state index is 6.01. The number of fused-ring (bicyclic) bond motifs is 1. The average Bonchev–Trinajstić information content (AvgIpc) is 2.99. The van der Waals surface area contributed by atoms with Crippen LogP contribution in [0.1, 0.15) is 17.1 Å². The summed E-state index contributed by atoms with van der Waals surface area (Å²) in [6, 6.07) is 4.07. The van der Waals surface area contributed by atoms with Crippen LogP contribution in [0.5, 0.6) is 0 Å². The van der Waals surface area contributed by atoms with Crippen molar-refractivity contribution in [3.8, 4) is 0 Å². The van der Waals surface area contributed by atoms with Gasteiger partial charge in [0.15, 0.2) is 5.65 Å². The SMILES string of the molecule is Cc1cnc2c(c1)nc(CCl)n2CCc1ccnn1C. The van der Waals surface area contributed by atoms with Gasteiger partial charge in [-0.05, 0) is 24.6 Å². The van der Waals surface area contributed by atoms with Gasteiger partial charge in [-0.2, -0.15) is 5.10 Å². The molecule has 0 bridgehead atoms. The predicted octanol–water partition coefficient (Wildman–Crippen LogP) is 2.45. The van der Waals surface area contributed by atoms with Crippen LogP contribution in [0.25, 0.3) is 11.2 Å². The number of hydrogen-bond acceptors (Lipinski definition) is 3. The second kappa shape index (κ2) is 5.25. The van der Waals surface area contributed by atoms with Gasteiger partial charge in [0.25, 0.3) is 0 Å². The summed E-state index contributed by atoms with van der Waals surface area (Å²) in [5, 5.41) is 4.18. The van der Waals surface area contributed by atoms with Gasteiger partial charge in [-0.15, -0.1) is 11.6 Å². The van der Waals surface area contributed by atoms with Gasteiger partial charge in [0.05, 0.1) is 5.88 Å². The van der Waals surface area contributed by atoms with Gasteiger partial charge in [0.1, 0.15) is 11.3 Å². The van der Waals surface area contributed by atoms with Crippen molar-refractivity contribution in [2.24, 2.45) is 7.05 Å². The number of pyridine rings is 1. The van der Waals surface area contributed by atoms with Gasteiger partial charge >= 0.3 is 0 Å². The zero-order chi connectivity index (χ0) is 14.1. The lowest BCUT2D eigenvalue weighted by molar-refractivity contribution is 0.631. The fourth-order valence-corrected chi connectivity index (χ4v) is 2.57. The van der Waals surface area contributed by atoms with E-state index in [2.05, 4.69) is 19.6 Å². The zero-order valence-electron chi connectivity index (χ0n) is 11.5. The molecule has 0 amide bonds. The molecule has 0 aromatic carbocycles. The molecular formula is C14H16ClN5. The first-order valence-corrected chi connectivity index (χ1v) is 7.07. The molecule has 20 heavy (non-hydrogen) atoms. The molecule has 0 unspecified atom stereocenters. The highest BCUT2D eigenvalue weighted by molar-refractivity contribution is 6.16. The van der Waals surface area contributed by atoms with Crippen molar-refractivity contribution in [3.63, 3.8) is 0 Å². The van der Waals surface area contributed by atoms with E-state index >= 15 is 0 Å². The highest BCUT2D eigenvalue weighted by atomic mass is 35.5. The summed E-state index contributed by atoms with van der Waals surface area (Å²) in [6.45, 7) is 2.82. The van der Waals surface area contributed by atoms with E-state index in [9.17, 15) is 0 Å². The van der Waals surface area contributed by atoms with E-state index < -0.39 is 0 Å². The predicted molar refractivity (Wildman–Crippen MR) is 78.7 cm³/mol. The molecule has 6 heteroatoms. The molecule has 0 aliphatic rings. The molecule has 3 aromatic heterocycles. The molecule has 0 radical (unpaired) electrons. The van der Waals surface area contributed by atoms with Crippen LogP contribution in [0.4, 0.5) is 0 Å². The van der Waals surface area contributed by atoms with E-state index in [1.54, 1.807) is 0 Å². The minimum absolute atomic E-state index is 0.390. The van der Waals surface area contributed by atoms with Crippen molar-refractivity contribution in [2.45, 2.75) is 25.8 Å². The fourth-order valence-electron chi connectivity index (χ4n) is 2.37. The Kier molecular flexibility index (Phi) is 3.44. The molecule has 5 nitrogen and oxygen atoms in total. The molecule has 0 saturated carbocycles. The highest BCUT2D eigenvalue weighted by Crippen LogP contribution is 2.17. The number of halogens is 1. The normalized spacial score (nSPS) is 11.3. The summed E-state index contributed by atoms with van der Waals surface area (Å²) in [5.74, 6) is 1.25. The van der Waals surface area contributed by atoms with Crippen LogP contribution >= 0.6 is 11.6 Å². The summed E-state index contributed by atoms with van der Waals surface area (Å²) < 4.78 is 3.98. The summed E-state index contributed by atoms with van der Waals surface area (Å²) in [4.78, 5) is 9.05. The molecule has 0 N–H and O–H groups in total. The van der Waals surface area contributed by atoms with Crippen LogP contribution in [0.3, 0.4) is 0 Å². The standard InChI is InChI=1S/C14H16ClN5/c1-10-7-12-14(16-9-10)20(13(8-15)18-12)6-4-11-3-5-17-19(11)2/h3,5,7,9H,4,6,8H2,1-2H3. The van der Waals surface area contributed by atoms with E-state index in [0.29, 0.717) is 5.88 Å². The molecule has 3 aromatic rings. The van der Waals surface area contributed by atoms with Crippen molar-refractivity contribution < 1.29 is 0 Å². The second-order valence-electron chi connectivity index (χ2n) is 4.86. The highest BCUT2D eigenvalue weighted by Gasteiger charge is 2.11. The molecule has 0 aliphatic heterocycles. The van der Waals surface area contributed by atoms with Crippen LogP contribution in [0, 0.1) is 6.92 Å². The number of hydrogen-bond donors (Lipinski definition) is 0. The Balaban J connectivity index is 1.95. The van der Waals surface area contributed by atoms with Crippen LogP contribution in [0.15, 0.2) is 24.5 Å². The van der Waals surface area contributed by atoms with E-state index in [1.807, 2.05) is 43.2 Å². The van der Waals surface area contributed by atoms with Gasteiger partial charge in [0.2, 0.25) is 0 Å². The number of imidazole rings is 1. The van der Waals surface area contributed by atoms with Gasteiger partial charge in [-0.3, -0.25) is 4.68 Å². The molecule has 3 heterocycles. The molecule has 0 saturated heterocycles. The molecule has 3 rings (SSSR count). The first-order valence-electron chi connectivity index (χ1n) is 6.53. The Bertz CT molecular complexity index is 743. The number of aromatic nitrogens is 5. The molecule has 0 atom stereocenters. The maximum Gasteiger partial charge on any atom is 0.160 e. The Morgan fingerprint density at radius 1 is 1.35 bits per heavy atom. The molecular weight excluding hydrogens is 274 g/mol. The number of nitrogens with zero attached hydrogens (tertiary/aromatic N) is 5. The quantitative estimate of drug-likeness (QED) is 0.693. The van der Waals surface area contributed by atoms with Gasteiger partial charge in [-0.25, -0.2) is 9.97 Å². The Hall–Kier alpha value is -1.88. The average molecular weight is 290 g/mol. The topological polar surface area (TPSA) is 48.5 Å². The first-order chi connectivity index (χ1) is 9.69. The van der Waals surface area contributed by atoms with Crippen molar-refractivity contribution in [1.82, 2.24) is 24.3 Å². The first kappa shape index (κ1) is 13.1. The van der Waals surface area contributed by atoms with Crippen molar-refractivity contribution in [1.29, 1.82) is 0 Å². The lowest BCUT2D eigenvalue weighted by atomic mass is 10.3. The van der Waals surface area contributed by atoms with Crippen molar-refractivity contribution in [3.05, 3.63) is 41.6 Å². The monoisotopic (exact) mass is 289 g/mol. The smallest absolute Gasteiger partial charge is 0.160 e. The van der Waals surface area contributed by atoms with Gasteiger partial charge < -0.3 is 4.57 Å². The van der Waals surface area contributed by atoms with E-state index in [0.717, 1.165) is 35.5 Å². The van der Waals surface area contributed by atoms with E-state index in [4.69, 9.17) is 11.6 Å². The van der Waals surface area contributed by atoms with E-state index in [-0.39, 0.29) is 0 Å². The third-order valence-corrected chi connectivity index (χ3v) is 3.67. The lowest BCUT2D eigenvalue weighted by Gasteiger charge is -2.07. The van der Waals surface area contributed by atoms with Crippen LogP contribution in [-0.2, 0) is 25.9 Å². The summed E-state index contributed by atoms with van der Waals surface area (Å²) >= 11 is 6.01. The van der Waals surface area contributed by atoms with Crippen LogP contribution in [-0.4, -0.2) is 24.3 Å². The number of aryl methyl sites for hydroxylation is 4. The van der Waals surface area contributed by atoms with Gasteiger partial charge in [0, 0.05) is 38.1 Å². The van der Waals surface area contributed by atoms with Crippen LogP contribution in [0.2, 0.25) is 0 Å². The molecule has 0 aliphatic carbocycles. The minimum Gasteiger partial charge on any atom is -0.311 e. The molecule has 0 fully saturated rings. The van der Waals surface area contributed by atoms with Crippen LogP contribution < -0.4 is 0 Å². The number of alkyl halides is 1. The Labute approximate surface area is 122 Å². The zero-order valence-corrected chi connectivity index (χ0v) is 12.3. The Morgan fingerprint density at radius 2 is 2.20 bits per heavy atom. The molecule has 104 valence electrons. The fraction of sp³-hybridized carbons (Fsp3) is 0.357. The van der Waals surface area contributed by atoms with Crippen molar-refractivity contribution >= 4 is 22.8 Å². The lowest BCUT2D eigenvalue weighted by Crippen LogP contribution is -2.08.